The van der Waals surface area contributed by atoms with Crippen molar-refractivity contribution in [2.45, 2.75) is 148 Å². The summed E-state index contributed by atoms with van der Waals surface area (Å²) in [6.07, 6.45) is 26.5. The SMILES string of the molecule is CCCC/C=C/CCCCCCC(=O)OCC(COCCC(C(=O)O)[N+](C)(C)C)OC(=O)CCCCCC/C=C/CCCC. The van der Waals surface area contributed by atoms with E-state index >= 15 is 0 Å². The maximum Gasteiger partial charge on any atom is 0.362 e. The monoisotopic (exact) mass is 624 g/mol. The second-order valence-corrected chi connectivity index (χ2v) is 12.8. The van der Waals surface area contributed by atoms with Gasteiger partial charge in [-0.1, -0.05) is 89.5 Å². The van der Waals surface area contributed by atoms with Gasteiger partial charge in [-0.15, -0.1) is 0 Å². The van der Waals surface area contributed by atoms with Crippen LogP contribution < -0.4 is 0 Å². The third-order valence-electron chi connectivity index (χ3n) is 7.57. The van der Waals surface area contributed by atoms with Crippen molar-refractivity contribution in [3.63, 3.8) is 0 Å². The molecule has 2 atom stereocenters. The molecular formula is C36H66NO7+. The molecule has 0 bridgehead atoms. The van der Waals surface area contributed by atoms with Crippen LogP contribution in [0.4, 0.5) is 0 Å². The van der Waals surface area contributed by atoms with Crippen molar-refractivity contribution in [2.24, 2.45) is 0 Å². The minimum Gasteiger partial charge on any atom is -0.477 e. The average molecular weight is 625 g/mol. The molecule has 0 saturated heterocycles. The number of carboxylic acids is 1. The van der Waals surface area contributed by atoms with Gasteiger partial charge in [0, 0.05) is 19.3 Å². The van der Waals surface area contributed by atoms with E-state index in [0.29, 0.717) is 19.3 Å². The van der Waals surface area contributed by atoms with Crippen LogP contribution in [0.2, 0.25) is 0 Å². The van der Waals surface area contributed by atoms with Gasteiger partial charge in [-0.05, 0) is 51.4 Å². The first kappa shape index (κ1) is 41.8. The van der Waals surface area contributed by atoms with E-state index in [0.717, 1.165) is 77.0 Å². The summed E-state index contributed by atoms with van der Waals surface area (Å²) in [5, 5.41) is 9.54. The normalized spacial score (nSPS) is 13.4. The number of allylic oxidation sites excluding steroid dienone is 4. The largest absolute Gasteiger partial charge is 0.477 e. The maximum atomic E-state index is 12.6. The molecular weight excluding hydrogens is 558 g/mol. The summed E-state index contributed by atoms with van der Waals surface area (Å²) < 4.78 is 17.1. The van der Waals surface area contributed by atoms with Gasteiger partial charge < -0.3 is 23.8 Å². The van der Waals surface area contributed by atoms with E-state index < -0.39 is 18.1 Å². The fourth-order valence-electron chi connectivity index (χ4n) is 4.76. The average Bonchev–Trinajstić information content (AvgIpc) is 2.96. The topological polar surface area (TPSA) is 99.1 Å². The summed E-state index contributed by atoms with van der Waals surface area (Å²) in [4.78, 5) is 36.5. The molecule has 0 aliphatic heterocycles. The van der Waals surface area contributed by atoms with E-state index in [9.17, 15) is 19.5 Å². The molecule has 0 heterocycles. The van der Waals surface area contributed by atoms with E-state index in [1.807, 2.05) is 21.1 Å². The van der Waals surface area contributed by atoms with Gasteiger partial charge in [0.25, 0.3) is 0 Å². The number of hydrogen-bond acceptors (Lipinski definition) is 6. The molecule has 256 valence electrons. The minimum absolute atomic E-state index is 0.0542. The fraction of sp³-hybridized carbons (Fsp3) is 0.806. The van der Waals surface area contributed by atoms with E-state index in [2.05, 4.69) is 38.2 Å². The van der Waals surface area contributed by atoms with Gasteiger partial charge in [-0.3, -0.25) is 9.59 Å². The molecule has 0 spiro atoms. The number of likely N-dealkylation sites (N-methyl/N-ethyl adjacent to an activating group) is 1. The Morgan fingerprint density at radius 1 is 0.659 bits per heavy atom. The van der Waals surface area contributed by atoms with Crippen LogP contribution in [0.25, 0.3) is 0 Å². The van der Waals surface area contributed by atoms with Crippen LogP contribution in [0.5, 0.6) is 0 Å². The zero-order valence-electron chi connectivity index (χ0n) is 28.9. The van der Waals surface area contributed by atoms with Gasteiger partial charge in [-0.25, -0.2) is 4.79 Å². The van der Waals surface area contributed by atoms with Crippen molar-refractivity contribution in [3.05, 3.63) is 24.3 Å². The van der Waals surface area contributed by atoms with Crippen LogP contribution in [0.15, 0.2) is 24.3 Å². The van der Waals surface area contributed by atoms with E-state index in [1.54, 1.807) is 0 Å². The number of esters is 2. The van der Waals surface area contributed by atoms with Crippen molar-refractivity contribution in [1.29, 1.82) is 0 Å². The lowest BCUT2D eigenvalue weighted by Crippen LogP contribution is -2.50. The van der Waals surface area contributed by atoms with Crippen molar-refractivity contribution < 1.29 is 38.2 Å². The summed E-state index contributed by atoms with van der Waals surface area (Å²) in [6.45, 7) is 4.59. The van der Waals surface area contributed by atoms with Crippen LogP contribution in [0.1, 0.15) is 136 Å². The zero-order valence-corrected chi connectivity index (χ0v) is 28.9. The highest BCUT2D eigenvalue weighted by atomic mass is 16.6. The molecule has 0 aliphatic rings. The fourth-order valence-corrected chi connectivity index (χ4v) is 4.76. The Bertz CT molecular complexity index is 788. The highest BCUT2D eigenvalue weighted by Gasteiger charge is 2.31. The van der Waals surface area contributed by atoms with Crippen molar-refractivity contribution in [2.75, 3.05) is 41.0 Å². The molecule has 8 nitrogen and oxygen atoms in total. The van der Waals surface area contributed by atoms with Gasteiger partial charge in [0.15, 0.2) is 12.1 Å². The number of nitrogens with zero attached hydrogens (tertiary/aromatic N) is 1. The molecule has 0 aliphatic carbocycles. The van der Waals surface area contributed by atoms with Gasteiger partial charge in [-0.2, -0.15) is 0 Å². The molecule has 0 aromatic rings. The van der Waals surface area contributed by atoms with Crippen molar-refractivity contribution >= 4 is 17.9 Å². The van der Waals surface area contributed by atoms with Crippen LogP contribution in [0.3, 0.4) is 0 Å². The molecule has 0 saturated carbocycles. The van der Waals surface area contributed by atoms with E-state index in [-0.39, 0.29) is 36.2 Å². The van der Waals surface area contributed by atoms with Gasteiger partial charge >= 0.3 is 17.9 Å². The third-order valence-corrected chi connectivity index (χ3v) is 7.57. The maximum absolute atomic E-state index is 12.6. The Morgan fingerprint density at radius 2 is 1.14 bits per heavy atom. The number of carboxylic acid groups (broad SMARTS) is 1. The highest BCUT2D eigenvalue weighted by Crippen LogP contribution is 2.12. The lowest BCUT2D eigenvalue weighted by atomic mass is 10.1. The van der Waals surface area contributed by atoms with Crippen molar-refractivity contribution in [1.82, 2.24) is 0 Å². The Morgan fingerprint density at radius 3 is 1.61 bits per heavy atom. The Labute approximate surface area is 269 Å². The quantitative estimate of drug-likeness (QED) is 0.0372. The number of hydrogen-bond donors (Lipinski definition) is 1. The van der Waals surface area contributed by atoms with Gasteiger partial charge in [0.2, 0.25) is 0 Å². The smallest absolute Gasteiger partial charge is 0.362 e. The molecule has 2 unspecified atom stereocenters. The van der Waals surface area contributed by atoms with Crippen LogP contribution >= 0.6 is 0 Å². The van der Waals surface area contributed by atoms with Gasteiger partial charge in [0.05, 0.1) is 34.4 Å². The molecule has 8 heteroatoms. The standard InChI is InChI=1S/C36H65NO7/c1-6-8-10-12-14-16-18-20-22-24-26-34(38)43-31-32(30-42-29-28-33(36(40)41)37(3,4)5)44-35(39)27-25-23-21-19-17-15-13-11-9-7-2/h12-15,32-33H,6-11,16-31H2,1-5H3/p+1/b14-12+,15-13+. The number of rotatable bonds is 30. The predicted octanol–water partition coefficient (Wildman–Crippen LogP) is 8.18. The first-order valence-corrected chi connectivity index (χ1v) is 17.4. The zero-order chi connectivity index (χ0) is 32.9. The van der Waals surface area contributed by atoms with E-state index in [1.165, 1.54) is 25.7 Å². The van der Waals surface area contributed by atoms with Crippen LogP contribution in [-0.2, 0) is 28.6 Å². The molecule has 0 fully saturated rings. The summed E-state index contributed by atoms with van der Waals surface area (Å²) in [5.74, 6) is -1.51. The molecule has 44 heavy (non-hydrogen) atoms. The number of carbonyl (C=O) groups is 3. The summed E-state index contributed by atoms with van der Waals surface area (Å²) in [6, 6.07) is -0.613. The second-order valence-electron chi connectivity index (χ2n) is 12.8. The lowest BCUT2D eigenvalue weighted by Gasteiger charge is -2.31. The number of aliphatic carboxylic acids is 1. The summed E-state index contributed by atoms with van der Waals surface area (Å²) >= 11 is 0. The number of carbonyl (C=O) groups excluding carboxylic acids is 2. The summed E-state index contributed by atoms with van der Waals surface area (Å²) in [7, 11) is 5.50. The lowest BCUT2D eigenvalue weighted by molar-refractivity contribution is -0.887. The molecule has 0 radical (unpaired) electrons. The Kier molecular flexibility index (Phi) is 26.9. The first-order chi connectivity index (χ1) is 21.1. The molecule has 1 N–H and O–H groups in total. The Hall–Kier alpha value is -2.19. The molecule has 0 aromatic heterocycles. The van der Waals surface area contributed by atoms with Crippen molar-refractivity contribution in [3.8, 4) is 0 Å². The second kappa shape index (κ2) is 28.3. The summed E-state index contributed by atoms with van der Waals surface area (Å²) in [5.41, 5.74) is 0. The van der Waals surface area contributed by atoms with Crippen LogP contribution in [0, 0.1) is 0 Å². The molecule has 0 aromatic carbocycles. The van der Waals surface area contributed by atoms with Crippen LogP contribution in [-0.4, -0.2) is 80.6 Å². The Balaban J connectivity index is 4.52. The highest BCUT2D eigenvalue weighted by molar-refractivity contribution is 5.72. The first-order valence-electron chi connectivity index (χ1n) is 17.4. The number of unbranched alkanes of at least 4 members (excludes halogenated alkanes) is 12. The van der Waals surface area contributed by atoms with E-state index in [4.69, 9.17) is 14.2 Å². The number of ether oxygens (including phenoxy) is 3. The predicted molar refractivity (Wildman–Crippen MR) is 178 cm³/mol. The third kappa shape index (κ3) is 26.2. The number of quaternary nitrogens is 1. The molecule has 0 rings (SSSR count). The molecule has 0 amide bonds. The minimum atomic E-state index is -0.881. The van der Waals surface area contributed by atoms with Gasteiger partial charge in [0.1, 0.15) is 6.61 Å².